The van der Waals surface area contributed by atoms with Gasteiger partial charge in [0.15, 0.2) is 7.14 Å². The van der Waals surface area contributed by atoms with Gasteiger partial charge in [0.25, 0.3) is 0 Å². The van der Waals surface area contributed by atoms with E-state index in [1.165, 1.54) is 0 Å². The maximum absolute atomic E-state index is 14.3. The van der Waals surface area contributed by atoms with Crippen LogP contribution in [-0.4, -0.2) is 35.7 Å². The summed E-state index contributed by atoms with van der Waals surface area (Å²) in [7, 11) is -3.27. The van der Waals surface area contributed by atoms with E-state index in [9.17, 15) is 14.2 Å². The molecule has 1 heterocycles. The third kappa shape index (κ3) is 3.12. The van der Waals surface area contributed by atoms with Gasteiger partial charge in [-0.3, -0.25) is 4.79 Å². The predicted molar refractivity (Wildman–Crippen MR) is 96.9 cm³/mol. The van der Waals surface area contributed by atoms with Crippen LogP contribution in [0.4, 0.5) is 4.79 Å². The number of nitrogens with zero attached hydrogens (tertiary/aromatic N) is 1. The molecule has 2 amide bonds. The zero-order chi connectivity index (χ0) is 17.9. The van der Waals surface area contributed by atoms with Crippen molar-refractivity contribution in [2.24, 2.45) is 0 Å². The molecule has 1 aliphatic rings. The summed E-state index contributed by atoms with van der Waals surface area (Å²) in [5.74, 6) is -0.430. The number of imide groups is 1. The lowest BCUT2D eigenvalue weighted by Crippen LogP contribution is -2.42. The monoisotopic (exact) mass is 357 g/mol. The molecule has 25 heavy (non-hydrogen) atoms. The molecule has 1 fully saturated rings. The van der Waals surface area contributed by atoms with Gasteiger partial charge in [0.05, 0.1) is 12.2 Å². The lowest BCUT2D eigenvalue weighted by molar-refractivity contribution is -0.127. The van der Waals surface area contributed by atoms with Gasteiger partial charge in [-0.2, -0.15) is 0 Å². The van der Waals surface area contributed by atoms with E-state index in [-0.39, 0.29) is 13.2 Å². The molecule has 2 aromatic carbocycles. The van der Waals surface area contributed by atoms with Gasteiger partial charge in [-0.15, -0.1) is 0 Å². The first-order valence-corrected chi connectivity index (χ1v) is 10.1. The highest BCUT2D eigenvalue weighted by atomic mass is 31.2. The van der Waals surface area contributed by atoms with Crippen LogP contribution in [-0.2, 0) is 14.1 Å². The van der Waals surface area contributed by atoms with Crippen molar-refractivity contribution in [1.82, 2.24) is 4.90 Å². The first-order chi connectivity index (χ1) is 12.1. The Morgan fingerprint density at radius 3 is 2.00 bits per heavy atom. The Balaban J connectivity index is 2.12. The summed E-state index contributed by atoms with van der Waals surface area (Å²) < 4.78 is 19.1. The minimum atomic E-state index is -3.27. The van der Waals surface area contributed by atoms with Gasteiger partial charge >= 0.3 is 6.09 Å². The molecule has 0 bridgehead atoms. The summed E-state index contributed by atoms with van der Waals surface area (Å²) in [6, 6.07) is 18.1. The average molecular weight is 357 g/mol. The second-order valence-corrected chi connectivity index (χ2v) is 8.83. The van der Waals surface area contributed by atoms with E-state index in [0.29, 0.717) is 17.0 Å². The number of amides is 2. The van der Waals surface area contributed by atoms with E-state index >= 15 is 0 Å². The number of carbonyl (C=O) groups excluding carboxylic acids is 2. The van der Waals surface area contributed by atoms with Crippen LogP contribution in [0.2, 0.25) is 0 Å². The van der Waals surface area contributed by atoms with Crippen molar-refractivity contribution in [3.05, 3.63) is 60.7 Å². The molecule has 6 heteroatoms. The van der Waals surface area contributed by atoms with Gasteiger partial charge in [-0.25, -0.2) is 9.69 Å². The quantitative estimate of drug-likeness (QED) is 0.772. The molecule has 1 aliphatic heterocycles. The van der Waals surface area contributed by atoms with Crippen molar-refractivity contribution in [2.75, 3.05) is 13.2 Å². The Morgan fingerprint density at radius 2 is 1.60 bits per heavy atom. The molecular formula is C19H20NO4P. The van der Waals surface area contributed by atoms with Crippen molar-refractivity contribution in [1.29, 1.82) is 0 Å². The normalized spacial score (nSPS) is 15.7. The standard InChI is InChI=1S/C19H20NO4P/c1-2-17(18(21)20-13-14-24-19(20)22)25(23,15-9-5-3-6-10-15)16-11-7-4-8-12-16/h3-12,17H,2,13-14H2,1H3. The topological polar surface area (TPSA) is 63.7 Å². The molecule has 5 nitrogen and oxygen atoms in total. The fourth-order valence-corrected chi connectivity index (χ4v) is 6.38. The molecule has 1 atom stereocenters. The predicted octanol–water partition coefficient (Wildman–Crippen LogP) is 2.76. The molecule has 0 N–H and O–H groups in total. The van der Waals surface area contributed by atoms with Crippen LogP contribution in [0.5, 0.6) is 0 Å². The van der Waals surface area contributed by atoms with Crippen LogP contribution in [0, 0.1) is 0 Å². The molecule has 0 spiro atoms. The van der Waals surface area contributed by atoms with Crippen LogP contribution in [0.3, 0.4) is 0 Å². The fraction of sp³-hybridized carbons (Fsp3) is 0.263. The van der Waals surface area contributed by atoms with Gasteiger partial charge in [0.1, 0.15) is 6.61 Å². The molecule has 130 valence electrons. The molecule has 0 aromatic heterocycles. The first kappa shape index (κ1) is 17.4. The summed E-state index contributed by atoms with van der Waals surface area (Å²) in [6.07, 6.45) is -0.292. The fourth-order valence-electron chi connectivity index (χ4n) is 3.17. The van der Waals surface area contributed by atoms with E-state index in [0.717, 1.165) is 4.90 Å². The summed E-state index contributed by atoms with van der Waals surface area (Å²) >= 11 is 0. The van der Waals surface area contributed by atoms with Crippen molar-refractivity contribution in [3.8, 4) is 0 Å². The summed E-state index contributed by atoms with van der Waals surface area (Å²) in [6.45, 7) is 2.21. The molecule has 1 unspecified atom stereocenters. The van der Waals surface area contributed by atoms with Crippen molar-refractivity contribution in [3.63, 3.8) is 0 Å². The van der Waals surface area contributed by atoms with Crippen molar-refractivity contribution >= 4 is 29.8 Å². The van der Waals surface area contributed by atoms with Gasteiger partial charge in [0.2, 0.25) is 5.91 Å². The summed E-state index contributed by atoms with van der Waals surface area (Å²) in [4.78, 5) is 25.9. The largest absolute Gasteiger partial charge is 0.447 e. The third-order valence-electron chi connectivity index (χ3n) is 4.42. The minimum Gasteiger partial charge on any atom is -0.447 e. The third-order valence-corrected chi connectivity index (χ3v) is 8.01. The van der Waals surface area contributed by atoms with Gasteiger partial charge < -0.3 is 9.30 Å². The zero-order valence-electron chi connectivity index (χ0n) is 14.0. The number of ether oxygens (including phenoxy) is 1. The van der Waals surface area contributed by atoms with Crippen LogP contribution in [0.1, 0.15) is 13.3 Å². The Hall–Kier alpha value is -2.39. The van der Waals surface area contributed by atoms with E-state index in [1.54, 1.807) is 24.3 Å². The minimum absolute atomic E-state index is 0.183. The number of hydrogen-bond donors (Lipinski definition) is 0. The number of carbonyl (C=O) groups is 2. The molecule has 0 radical (unpaired) electrons. The number of benzene rings is 2. The van der Waals surface area contributed by atoms with Crippen LogP contribution >= 0.6 is 7.14 Å². The summed E-state index contributed by atoms with van der Waals surface area (Å²) in [5.41, 5.74) is -0.803. The van der Waals surface area contributed by atoms with E-state index in [2.05, 4.69) is 0 Å². The van der Waals surface area contributed by atoms with Crippen LogP contribution in [0.25, 0.3) is 0 Å². The van der Waals surface area contributed by atoms with Crippen LogP contribution in [0.15, 0.2) is 60.7 Å². The highest BCUT2D eigenvalue weighted by Gasteiger charge is 2.44. The lowest BCUT2D eigenvalue weighted by atomic mass is 10.3. The SMILES string of the molecule is CCC(C(=O)N1CCOC1=O)P(=O)(c1ccccc1)c1ccccc1. The van der Waals surface area contributed by atoms with Gasteiger partial charge in [-0.05, 0) is 6.42 Å². The average Bonchev–Trinajstić information content (AvgIpc) is 3.09. The maximum atomic E-state index is 14.3. The van der Waals surface area contributed by atoms with E-state index in [4.69, 9.17) is 4.74 Å². The van der Waals surface area contributed by atoms with Gasteiger partial charge in [-0.1, -0.05) is 67.6 Å². The Labute approximate surface area is 147 Å². The lowest BCUT2D eigenvalue weighted by Gasteiger charge is -2.28. The molecule has 3 rings (SSSR count). The number of cyclic esters (lactones) is 1. The smallest absolute Gasteiger partial charge is 0.416 e. The number of hydrogen-bond acceptors (Lipinski definition) is 4. The van der Waals surface area contributed by atoms with E-state index in [1.807, 2.05) is 43.3 Å². The molecule has 0 aliphatic carbocycles. The van der Waals surface area contributed by atoms with Crippen molar-refractivity contribution < 1.29 is 18.9 Å². The first-order valence-electron chi connectivity index (χ1n) is 8.28. The van der Waals surface area contributed by atoms with E-state index < -0.39 is 24.8 Å². The highest BCUT2D eigenvalue weighted by molar-refractivity contribution is 7.80. The second kappa shape index (κ2) is 7.24. The molecule has 0 saturated carbocycles. The Kier molecular flexibility index (Phi) is 5.05. The highest BCUT2D eigenvalue weighted by Crippen LogP contribution is 2.50. The summed E-state index contributed by atoms with van der Waals surface area (Å²) in [5, 5.41) is 1.24. The Morgan fingerprint density at radius 1 is 1.08 bits per heavy atom. The molecule has 1 saturated heterocycles. The van der Waals surface area contributed by atoms with Crippen molar-refractivity contribution in [2.45, 2.75) is 19.0 Å². The van der Waals surface area contributed by atoms with Crippen LogP contribution < -0.4 is 10.6 Å². The van der Waals surface area contributed by atoms with Gasteiger partial charge in [0, 0.05) is 10.6 Å². The molecular weight excluding hydrogens is 337 g/mol. The maximum Gasteiger partial charge on any atom is 0.416 e. The zero-order valence-corrected chi connectivity index (χ0v) is 14.9. The number of rotatable bonds is 5. The Bertz CT molecular complexity index is 763. The second-order valence-electron chi connectivity index (χ2n) is 5.86. The molecule has 2 aromatic rings.